The van der Waals surface area contributed by atoms with E-state index in [1.54, 1.807) is 0 Å². The second-order valence-corrected chi connectivity index (χ2v) is 4.11. The summed E-state index contributed by atoms with van der Waals surface area (Å²) >= 11 is 0. The Hall–Kier alpha value is 0.177. The predicted octanol–water partition coefficient (Wildman–Crippen LogP) is 0.124. The van der Waals surface area contributed by atoms with E-state index < -0.39 is 0 Å². The van der Waals surface area contributed by atoms with Gasteiger partial charge in [-0.3, -0.25) is 0 Å². The Morgan fingerprint density at radius 2 is 2.25 bits per heavy atom. The Bertz CT molecular complexity index is 56.9. The van der Waals surface area contributed by atoms with E-state index in [2.05, 4.69) is 6.92 Å². The molecule has 1 rings (SSSR count). The molecule has 0 bridgehead atoms. The van der Waals surface area contributed by atoms with Crippen molar-refractivity contribution in [3.63, 3.8) is 0 Å². The molecule has 1 nitrogen and oxygen atoms in total. The van der Waals surface area contributed by atoms with Crippen molar-refractivity contribution in [2.75, 3.05) is 6.61 Å². The maximum atomic E-state index is 5.45. The van der Waals surface area contributed by atoms with Crippen LogP contribution in [0.2, 0.25) is 0 Å². The summed E-state index contributed by atoms with van der Waals surface area (Å²) in [5, 5.41) is 0. The van der Waals surface area contributed by atoms with Gasteiger partial charge in [0.2, 0.25) is 0 Å². The maximum Gasteiger partial charge on any atom is 0.0490 e. The molecule has 1 saturated heterocycles. The molecule has 1 fully saturated rings. The molecule has 0 aliphatic carbocycles. The highest BCUT2D eigenvalue weighted by molar-refractivity contribution is 6.11. The van der Waals surface area contributed by atoms with Gasteiger partial charge in [0.25, 0.3) is 0 Å². The Balaban J connectivity index is 2.19. The molecule has 48 valence electrons. The number of hydrogen-bond donors (Lipinski definition) is 0. The zero-order valence-electron chi connectivity index (χ0n) is 5.68. The summed E-state index contributed by atoms with van der Waals surface area (Å²) < 4.78 is 5.45. The Kier molecular flexibility index (Phi) is 2.08. The van der Waals surface area contributed by atoms with Gasteiger partial charge in [0.15, 0.2) is 0 Å². The van der Waals surface area contributed by atoms with Crippen molar-refractivity contribution in [2.45, 2.75) is 25.5 Å². The van der Waals surface area contributed by atoms with Crippen molar-refractivity contribution in [3.8, 4) is 0 Å². The molecular weight excluding hydrogens is 116 g/mol. The largest absolute Gasteiger partial charge is 0.382 e. The van der Waals surface area contributed by atoms with E-state index in [1.165, 1.54) is 23.1 Å². The van der Waals surface area contributed by atoms with Gasteiger partial charge in [-0.05, 0) is 18.8 Å². The fourth-order valence-electron chi connectivity index (χ4n) is 1.01. The molecule has 1 heterocycles. The van der Waals surface area contributed by atoms with Crippen molar-refractivity contribution in [2.24, 2.45) is 5.92 Å². The summed E-state index contributed by atoms with van der Waals surface area (Å²) in [7, 11) is 1.22. The van der Waals surface area contributed by atoms with Gasteiger partial charge in [-0.1, -0.05) is 6.92 Å². The van der Waals surface area contributed by atoms with Crippen molar-refractivity contribution < 1.29 is 4.74 Å². The lowest BCUT2D eigenvalue weighted by molar-refractivity contribution is 0.0352. The summed E-state index contributed by atoms with van der Waals surface area (Å²) in [5.41, 5.74) is 0.659. The Morgan fingerprint density at radius 1 is 1.50 bits per heavy atom. The van der Waals surface area contributed by atoms with Gasteiger partial charge in [0, 0.05) is 22.6 Å². The summed E-state index contributed by atoms with van der Waals surface area (Å²) in [5.74, 6) is 0.820. The van der Waals surface area contributed by atoms with Crippen LogP contribution in [0.25, 0.3) is 0 Å². The minimum Gasteiger partial charge on any atom is -0.382 e. The third-order valence-electron chi connectivity index (χ3n) is 1.73. The van der Waals surface area contributed by atoms with Crippen LogP contribution in [0, 0.1) is 5.92 Å². The van der Waals surface area contributed by atoms with Crippen molar-refractivity contribution in [1.29, 1.82) is 0 Å². The minimum absolute atomic E-state index is 0.659. The molecule has 2 heteroatoms. The fourth-order valence-corrected chi connectivity index (χ4v) is 1.54. The van der Waals surface area contributed by atoms with Crippen LogP contribution in [0.15, 0.2) is 0 Å². The van der Waals surface area contributed by atoms with E-state index in [4.69, 9.17) is 4.74 Å². The van der Waals surface area contributed by atoms with Gasteiger partial charge in [-0.25, -0.2) is 0 Å². The third-order valence-corrected chi connectivity index (χ3v) is 2.64. The molecule has 2 atom stereocenters. The zero-order valence-corrected chi connectivity index (χ0v) is 7.68. The maximum absolute atomic E-state index is 5.45. The summed E-state index contributed by atoms with van der Waals surface area (Å²) in [6.07, 6.45) is 2.70. The monoisotopic (exact) mass is 130 g/mol. The quantitative estimate of drug-likeness (QED) is 0.423. The highest BCUT2D eigenvalue weighted by atomic mass is 28.1. The molecule has 0 radical (unpaired) electrons. The number of ether oxygens (including phenoxy) is 1. The molecular formula is C6H14OSi. The zero-order chi connectivity index (χ0) is 5.98. The van der Waals surface area contributed by atoms with Gasteiger partial charge >= 0.3 is 0 Å². The van der Waals surface area contributed by atoms with E-state index in [9.17, 15) is 0 Å². The van der Waals surface area contributed by atoms with E-state index in [-0.39, 0.29) is 0 Å². The van der Waals surface area contributed by atoms with Gasteiger partial charge in [0.1, 0.15) is 0 Å². The molecule has 0 saturated carbocycles. The second-order valence-electron chi connectivity index (χ2n) is 2.83. The molecule has 0 amide bonds. The average Bonchev–Trinajstić information content (AvgIpc) is 1.77. The van der Waals surface area contributed by atoms with Crippen molar-refractivity contribution in [1.82, 2.24) is 0 Å². The SMILES string of the molecule is CC1CCC([SiH3])OC1. The first kappa shape index (κ1) is 6.30. The highest BCUT2D eigenvalue weighted by Gasteiger charge is 2.13. The van der Waals surface area contributed by atoms with Crippen LogP contribution in [0.1, 0.15) is 19.8 Å². The van der Waals surface area contributed by atoms with E-state index in [1.807, 2.05) is 0 Å². The highest BCUT2D eigenvalue weighted by Crippen LogP contribution is 2.15. The molecule has 0 aromatic rings. The van der Waals surface area contributed by atoms with E-state index in [0.29, 0.717) is 5.73 Å². The fraction of sp³-hybridized carbons (Fsp3) is 1.00. The molecule has 0 aromatic heterocycles. The van der Waals surface area contributed by atoms with Gasteiger partial charge in [0.05, 0.1) is 0 Å². The first-order chi connectivity index (χ1) is 3.79. The number of rotatable bonds is 0. The Labute approximate surface area is 53.8 Å². The summed E-state index contributed by atoms with van der Waals surface area (Å²) in [6, 6.07) is 0. The van der Waals surface area contributed by atoms with Crippen LogP contribution >= 0.6 is 0 Å². The molecule has 1 aliphatic heterocycles. The van der Waals surface area contributed by atoms with Gasteiger partial charge < -0.3 is 4.74 Å². The molecule has 0 aromatic carbocycles. The van der Waals surface area contributed by atoms with Crippen LogP contribution in [-0.4, -0.2) is 22.6 Å². The van der Waals surface area contributed by atoms with Crippen molar-refractivity contribution in [3.05, 3.63) is 0 Å². The predicted molar refractivity (Wildman–Crippen MR) is 38.1 cm³/mol. The molecule has 0 N–H and O–H groups in total. The Morgan fingerprint density at radius 3 is 2.62 bits per heavy atom. The topological polar surface area (TPSA) is 9.23 Å². The lowest BCUT2D eigenvalue weighted by atomic mass is 10.1. The first-order valence-electron chi connectivity index (χ1n) is 3.40. The second kappa shape index (κ2) is 2.64. The van der Waals surface area contributed by atoms with Gasteiger partial charge in [-0.15, -0.1) is 0 Å². The average molecular weight is 130 g/mol. The van der Waals surface area contributed by atoms with Gasteiger partial charge in [-0.2, -0.15) is 0 Å². The third kappa shape index (κ3) is 1.60. The number of hydrogen-bond acceptors (Lipinski definition) is 1. The lowest BCUT2D eigenvalue weighted by Gasteiger charge is -2.23. The minimum atomic E-state index is 0.659. The molecule has 1 aliphatic rings. The van der Waals surface area contributed by atoms with Crippen LogP contribution < -0.4 is 0 Å². The molecule has 2 unspecified atom stereocenters. The summed E-state index contributed by atoms with van der Waals surface area (Å²) in [4.78, 5) is 0. The van der Waals surface area contributed by atoms with E-state index in [0.717, 1.165) is 12.5 Å². The van der Waals surface area contributed by atoms with Crippen LogP contribution in [0.4, 0.5) is 0 Å². The first-order valence-corrected chi connectivity index (χ1v) is 4.56. The van der Waals surface area contributed by atoms with Crippen LogP contribution in [0.3, 0.4) is 0 Å². The van der Waals surface area contributed by atoms with Crippen LogP contribution in [-0.2, 0) is 4.74 Å². The van der Waals surface area contributed by atoms with Crippen LogP contribution in [0.5, 0.6) is 0 Å². The summed E-state index contributed by atoms with van der Waals surface area (Å²) in [6.45, 7) is 3.27. The molecule has 8 heavy (non-hydrogen) atoms. The van der Waals surface area contributed by atoms with Crippen molar-refractivity contribution >= 4 is 10.2 Å². The normalized spacial score (nSPS) is 40.1. The standard InChI is InChI=1S/C6H14OSi/c1-5-2-3-6(8)7-4-5/h5-6H,2-4H2,1,8H3. The lowest BCUT2D eigenvalue weighted by Crippen LogP contribution is -2.24. The van der Waals surface area contributed by atoms with E-state index >= 15 is 0 Å². The smallest absolute Gasteiger partial charge is 0.0490 e. The molecule has 0 spiro atoms.